The maximum Gasteiger partial charge on any atom is 0.241 e. The maximum absolute atomic E-state index is 13.6. The first-order valence-electron chi connectivity index (χ1n) is 9.02. The van der Waals surface area contributed by atoms with Crippen molar-refractivity contribution in [3.8, 4) is 0 Å². The summed E-state index contributed by atoms with van der Waals surface area (Å²) in [6, 6.07) is 6.18. The second kappa shape index (κ2) is 6.09. The molecule has 3 aliphatic rings. The molecule has 6 heteroatoms. The molecule has 0 N–H and O–H groups in total. The topological polar surface area (TPSA) is 43.9 Å². The number of halogens is 1. The van der Waals surface area contributed by atoms with Crippen LogP contribution in [0.25, 0.3) is 0 Å². The average Bonchev–Trinajstić information content (AvgIpc) is 3.28. The molecule has 2 heterocycles. The molecular formula is C19H24FN3O2. The maximum atomic E-state index is 13.6. The molecule has 0 radical (unpaired) electrons. The number of hydrogen-bond donors (Lipinski definition) is 0. The summed E-state index contributed by atoms with van der Waals surface area (Å²) in [4.78, 5) is 30.7. The van der Waals surface area contributed by atoms with Crippen LogP contribution in [0.1, 0.15) is 25.7 Å². The van der Waals surface area contributed by atoms with Crippen molar-refractivity contribution in [1.29, 1.82) is 0 Å². The van der Waals surface area contributed by atoms with Crippen LogP contribution < -0.4 is 4.90 Å². The summed E-state index contributed by atoms with van der Waals surface area (Å²) in [5, 5.41) is 0. The largest absolute Gasteiger partial charge is 0.341 e. The van der Waals surface area contributed by atoms with Gasteiger partial charge in [-0.1, -0.05) is 6.07 Å². The van der Waals surface area contributed by atoms with E-state index < -0.39 is 0 Å². The van der Waals surface area contributed by atoms with Gasteiger partial charge in [-0.05, 0) is 50.4 Å². The van der Waals surface area contributed by atoms with Crippen LogP contribution in [0.2, 0.25) is 0 Å². The standard InChI is InChI=1S/C19H24FN3O2/c1-21-11-18(25)23(16-4-2-3-15(20)10-16)13-19(21)7-8-22(12-19)17(24)9-14-5-6-14/h2-4,10,14H,5-9,11-13H2,1H3. The molecule has 4 rings (SSSR count). The summed E-state index contributed by atoms with van der Waals surface area (Å²) < 4.78 is 13.6. The van der Waals surface area contributed by atoms with Crippen LogP contribution in [0, 0.1) is 11.7 Å². The lowest BCUT2D eigenvalue weighted by Gasteiger charge is -2.46. The first kappa shape index (κ1) is 16.5. The Labute approximate surface area is 147 Å². The third-order valence-corrected chi connectivity index (χ3v) is 5.90. The molecule has 2 amide bonds. The van der Waals surface area contributed by atoms with Crippen LogP contribution in [0.4, 0.5) is 10.1 Å². The molecule has 0 aromatic heterocycles. The van der Waals surface area contributed by atoms with E-state index in [9.17, 15) is 14.0 Å². The second-order valence-corrected chi connectivity index (χ2v) is 7.75. The third kappa shape index (κ3) is 3.15. The average molecular weight is 345 g/mol. The second-order valence-electron chi connectivity index (χ2n) is 7.75. The van der Waals surface area contributed by atoms with E-state index in [0.717, 1.165) is 13.0 Å². The van der Waals surface area contributed by atoms with Gasteiger partial charge in [0.2, 0.25) is 11.8 Å². The van der Waals surface area contributed by atoms with Gasteiger partial charge in [-0.2, -0.15) is 0 Å². The van der Waals surface area contributed by atoms with Gasteiger partial charge in [0.15, 0.2) is 0 Å². The number of carbonyl (C=O) groups is 2. The number of likely N-dealkylation sites (N-methyl/N-ethyl adjacent to an activating group) is 1. The van der Waals surface area contributed by atoms with Gasteiger partial charge >= 0.3 is 0 Å². The Morgan fingerprint density at radius 2 is 2.12 bits per heavy atom. The Kier molecular flexibility index (Phi) is 4.02. The zero-order chi connectivity index (χ0) is 17.6. The predicted octanol–water partition coefficient (Wildman–Crippen LogP) is 1.88. The van der Waals surface area contributed by atoms with E-state index in [1.807, 2.05) is 11.9 Å². The molecule has 1 atom stereocenters. The van der Waals surface area contributed by atoms with Gasteiger partial charge in [-0.25, -0.2) is 4.39 Å². The molecule has 25 heavy (non-hydrogen) atoms. The van der Waals surface area contributed by atoms with Crippen LogP contribution in [0.5, 0.6) is 0 Å². The summed E-state index contributed by atoms with van der Waals surface area (Å²) in [5.74, 6) is 0.452. The number of anilines is 1. The third-order valence-electron chi connectivity index (χ3n) is 5.90. The predicted molar refractivity (Wildman–Crippen MR) is 92.7 cm³/mol. The number of amides is 2. The molecule has 2 saturated heterocycles. The summed E-state index contributed by atoms with van der Waals surface area (Å²) >= 11 is 0. The van der Waals surface area contributed by atoms with E-state index in [1.165, 1.54) is 25.0 Å². The number of benzene rings is 1. The lowest BCUT2D eigenvalue weighted by molar-refractivity contribution is -0.131. The quantitative estimate of drug-likeness (QED) is 0.840. The highest BCUT2D eigenvalue weighted by atomic mass is 19.1. The summed E-state index contributed by atoms with van der Waals surface area (Å²) in [7, 11) is 1.95. The Hall–Kier alpha value is -1.95. The number of nitrogens with zero attached hydrogens (tertiary/aromatic N) is 3. The van der Waals surface area contributed by atoms with Gasteiger partial charge in [0, 0.05) is 31.7 Å². The van der Waals surface area contributed by atoms with E-state index in [1.54, 1.807) is 17.0 Å². The zero-order valence-corrected chi connectivity index (χ0v) is 14.6. The van der Waals surface area contributed by atoms with Gasteiger partial charge < -0.3 is 9.80 Å². The number of rotatable bonds is 3. The highest BCUT2D eigenvalue weighted by Gasteiger charge is 2.48. The zero-order valence-electron chi connectivity index (χ0n) is 14.6. The van der Waals surface area contributed by atoms with Crippen molar-refractivity contribution in [2.75, 3.05) is 38.1 Å². The van der Waals surface area contributed by atoms with Crippen molar-refractivity contribution in [3.05, 3.63) is 30.1 Å². The number of likely N-dealkylation sites (tertiary alicyclic amines) is 1. The fourth-order valence-corrected chi connectivity index (χ4v) is 4.05. The highest BCUT2D eigenvalue weighted by molar-refractivity contribution is 5.96. The van der Waals surface area contributed by atoms with Crippen LogP contribution in [-0.4, -0.2) is 60.4 Å². The van der Waals surface area contributed by atoms with Crippen molar-refractivity contribution in [3.63, 3.8) is 0 Å². The molecule has 1 aromatic rings. The van der Waals surface area contributed by atoms with Crippen molar-refractivity contribution in [2.45, 2.75) is 31.2 Å². The number of carbonyl (C=O) groups excluding carboxylic acids is 2. The molecule has 1 saturated carbocycles. The summed E-state index contributed by atoms with van der Waals surface area (Å²) in [6.07, 6.45) is 3.85. The fourth-order valence-electron chi connectivity index (χ4n) is 4.05. The fraction of sp³-hybridized carbons (Fsp3) is 0.579. The lowest BCUT2D eigenvalue weighted by atomic mass is 9.92. The monoisotopic (exact) mass is 345 g/mol. The minimum atomic E-state index is -0.342. The van der Waals surface area contributed by atoms with E-state index in [2.05, 4.69) is 4.90 Å². The number of hydrogen-bond acceptors (Lipinski definition) is 3. The molecule has 134 valence electrons. The Morgan fingerprint density at radius 3 is 2.84 bits per heavy atom. The summed E-state index contributed by atoms with van der Waals surface area (Å²) in [6.45, 7) is 2.18. The van der Waals surface area contributed by atoms with E-state index in [-0.39, 0.29) is 23.2 Å². The molecule has 3 fully saturated rings. The van der Waals surface area contributed by atoms with Crippen molar-refractivity contribution >= 4 is 17.5 Å². The van der Waals surface area contributed by atoms with E-state index in [0.29, 0.717) is 37.7 Å². The van der Waals surface area contributed by atoms with Crippen LogP contribution in [0.3, 0.4) is 0 Å². The van der Waals surface area contributed by atoms with Crippen LogP contribution >= 0.6 is 0 Å². The Balaban J connectivity index is 1.52. The molecule has 0 bridgehead atoms. The molecule has 5 nitrogen and oxygen atoms in total. The van der Waals surface area contributed by atoms with Gasteiger partial charge in [0.25, 0.3) is 0 Å². The van der Waals surface area contributed by atoms with Gasteiger partial charge in [0.1, 0.15) is 5.82 Å². The van der Waals surface area contributed by atoms with E-state index >= 15 is 0 Å². The van der Waals surface area contributed by atoms with Gasteiger partial charge in [-0.15, -0.1) is 0 Å². The number of piperazine rings is 1. The van der Waals surface area contributed by atoms with Crippen molar-refractivity contribution < 1.29 is 14.0 Å². The molecule has 1 aliphatic carbocycles. The molecule has 1 aromatic carbocycles. The van der Waals surface area contributed by atoms with Gasteiger partial charge in [0.05, 0.1) is 12.1 Å². The first-order valence-corrected chi connectivity index (χ1v) is 9.02. The highest BCUT2D eigenvalue weighted by Crippen LogP contribution is 2.36. The van der Waals surface area contributed by atoms with E-state index in [4.69, 9.17) is 0 Å². The minimum Gasteiger partial charge on any atom is -0.341 e. The van der Waals surface area contributed by atoms with Crippen LogP contribution in [-0.2, 0) is 9.59 Å². The smallest absolute Gasteiger partial charge is 0.241 e. The normalized spacial score (nSPS) is 27.4. The molecule has 1 spiro atoms. The van der Waals surface area contributed by atoms with Crippen molar-refractivity contribution in [2.24, 2.45) is 5.92 Å². The first-order chi connectivity index (χ1) is 12.0. The lowest BCUT2D eigenvalue weighted by Crippen LogP contribution is -2.64. The minimum absolute atomic E-state index is 0.0264. The SMILES string of the molecule is CN1CC(=O)N(c2cccc(F)c2)CC12CCN(C(=O)CC1CC1)C2. The molecule has 2 aliphatic heterocycles. The molecule has 1 unspecified atom stereocenters. The Bertz CT molecular complexity index is 706. The Morgan fingerprint density at radius 1 is 1.32 bits per heavy atom. The molecular weight excluding hydrogens is 321 g/mol. The van der Waals surface area contributed by atoms with Gasteiger partial charge in [-0.3, -0.25) is 14.5 Å². The summed E-state index contributed by atoms with van der Waals surface area (Å²) in [5.41, 5.74) is 0.361. The van der Waals surface area contributed by atoms with Crippen LogP contribution in [0.15, 0.2) is 24.3 Å². The van der Waals surface area contributed by atoms with Crippen molar-refractivity contribution in [1.82, 2.24) is 9.80 Å².